The molecular formula is C23H30FN7. The van der Waals surface area contributed by atoms with Crippen molar-refractivity contribution < 1.29 is 4.39 Å². The van der Waals surface area contributed by atoms with E-state index in [9.17, 15) is 4.39 Å². The number of hydrogen-bond acceptors (Lipinski definition) is 7. The van der Waals surface area contributed by atoms with Crippen molar-refractivity contribution in [1.29, 1.82) is 0 Å². The molecule has 1 aliphatic heterocycles. The van der Waals surface area contributed by atoms with Gasteiger partial charge in [-0.1, -0.05) is 18.2 Å². The Balaban J connectivity index is 1.64. The molecule has 0 saturated carbocycles. The maximum absolute atomic E-state index is 14.6. The van der Waals surface area contributed by atoms with Crippen LogP contribution < -0.4 is 10.2 Å². The number of piperazine rings is 1. The molecule has 0 aliphatic carbocycles. The first-order valence-electron chi connectivity index (χ1n) is 10.9. The van der Waals surface area contributed by atoms with Crippen LogP contribution in [0.2, 0.25) is 0 Å². The van der Waals surface area contributed by atoms with E-state index in [1.807, 2.05) is 26.0 Å². The molecule has 1 aromatic carbocycles. The number of rotatable bonds is 5. The highest BCUT2D eigenvalue weighted by atomic mass is 19.1. The van der Waals surface area contributed by atoms with Crippen molar-refractivity contribution in [2.75, 3.05) is 36.4 Å². The van der Waals surface area contributed by atoms with Gasteiger partial charge in [-0.05, 0) is 46.2 Å². The minimum absolute atomic E-state index is 0.193. The standard InChI is InChI=1S/C23H30FN7/c1-14(2)30-9-11-31(12-10-30)20-13-19-22(26-17(5)27-23(19)29-28-20)25-16(4)18-8-6-7-15(3)21(18)24/h6-8,13-14,16H,9-12H2,1-5H3,(H,25,26,27,29)/t16-/m1/s1. The van der Waals surface area contributed by atoms with Crippen LogP contribution in [-0.4, -0.2) is 57.3 Å². The summed E-state index contributed by atoms with van der Waals surface area (Å²) in [6, 6.07) is 7.72. The Bertz CT molecular complexity index is 1080. The molecule has 0 radical (unpaired) electrons. The molecule has 8 heteroatoms. The Hall–Kier alpha value is -2.87. The van der Waals surface area contributed by atoms with Crippen molar-refractivity contribution in [3.63, 3.8) is 0 Å². The zero-order chi connectivity index (χ0) is 22.1. The predicted octanol–water partition coefficient (Wildman–Crippen LogP) is 3.88. The first-order chi connectivity index (χ1) is 14.8. The van der Waals surface area contributed by atoms with Gasteiger partial charge in [0.05, 0.1) is 11.4 Å². The van der Waals surface area contributed by atoms with Crippen molar-refractivity contribution in [1.82, 2.24) is 25.1 Å². The molecule has 164 valence electrons. The van der Waals surface area contributed by atoms with Crippen LogP contribution in [0.25, 0.3) is 11.0 Å². The first kappa shape index (κ1) is 21.4. The highest BCUT2D eigenvalue weighted by molar-refractivity contribution is 5.88. The second-order valence-electron chi connectivity index (χ2n) is 8.52. The Labute approximate surface area is 182 Å². The van der Waals surface area contributed by atoms with Gasteiger partial charge in [-0.15, -0.1) is 10.2 Å². The van der Waals surface area contributed by atoms with Crippen molar-refractivity contribution in [2.45, 2.75) is 46.7 Å². The average Bonchev–Trinajstić information content (AvgIpc) is 2.75. The number of aromatic nitrogens is 4. The summed E-state index contributed by atoms with van der Waals surface area (Å²) in [5, 5.41) is 13.0. The number of nitrogens with one attached hydrogen (secondary N) is 1. The number of aryl methyl sites for hydroxylation is 2. The number of fused-ring (bicyclic) bond motifs is 1. The smallest absolute Gasteiger partial charge is 0.187 e. The second-order valence-corrected chi connectivity index (χ2v) is 8.52. The van der Waals surface area contributed by atoms with Gasteiger partial charge in [0.15, 0.2) is 11.5 Å². The lowest BCUT2D eigenvalue weighted by atomic mass is 10.0. The number of nitrogens with zero attached hydrogens (tertiary/aromatic N) is 6. The fraction of sp³-hybridized carbons (Fsp3) is 0.478. The molecule has 1 fully saturated rings. The summed E-state index contributed by atoms with van der Waals surface area (Å²) in [6.45, 7) is 13.8. The number of hydrogen-bond donors (Lipinski definition) is 1. The molecule has 2 aromatic heterocycles. The normalized spacial score (nSPS) is 16.2. The van der Waals surface area contributed by atoms with Crippen LogP contribution in [0, 0.1) is 19.7 Å². The van der Waals surface area contributed by atoms with Gasteiger partial charge in [0.1, 0.15) is 17.5 Å². The van der Waals surface area contributed by atoms with E-state index in [0.717, 1.165) is 37.4 Å². The van der Waals surface area contributed by atoms with Gasteiger partial charge in [0.25, 0.3) is 0 Å². The Morgan fingerprint density at radius 1 is 1.00 bits per heavy atom. The quantitative estimate of drug-likeness (QED) is 0.668. The molecule has 0 amide bonds. The average molecular weight is 424 g/mol. The third-order valence-corrected chi connectivity index (χ3v) is 5.97. The zero-order valence-corrected chi connectivity index (χ0v) is 18.9. The summed E-state index contributed by atoms with van der Waals surface area (Å²) in [5.74, 6) is 1.87. The second kappa shape index (κ2) is 8.70. The summed E-state index contributed by atoms with van der Waals surface area (Å²) in [4.78, 5) is 13.8. The Morgan fingerprint density at radius 3 is 2.45 bits per heavy atom. The summed E-state index contributed by atoms with van der Waals surface area (Å²) < 4.78 is 14.6. The van der Waals surface area contributed by atoms with Crippen LogP contribution in [0.1, 0.15) is 43.8 Å². The van der Waals surface area contributed by atoms with E-state index in [-0.39, 0.29) is 11.9 Å². The predicted molar refractivity (Wildman–Crippen MR) is 122 cm³/mol. The molecule has 1 atom stereocenters. The third-order valence-electron chi connectivity index (χ3n) is 5.97. The van der Waals surface area contributed by atoms with Gasteiger partial charge in [-0.2, -0.15) is 0 Å². The van der Waals surface area contributed by atoms with E-state index in [2.05, 4.69) is 49.1 Å². The lowest BCUT2D eigenvalue weighted by Gasteiger charge is -2.37. The number of halogens is 1. The maximum atomic E-state index is 14.6. The molecule has 4 rings (SSSR count). The van der Waals surface area contributed by atoms with E-state index in [4.69, 9.17) is 0 Å². The fourth-order valence-corrected chi connectivity index (χ4v) is 4.05. The van der Waals surface area contributed by atoms with Gasteiger partial charge in [0.2, 0.25) is 0 Å². The summed E-state index contributed by atoms with van der Waals surface area (Å²) >= 11 is 0. The molecular weight excluding hydrogens is 393 g/mol. The largest absolute Gasteiger partial charge is 0.363 e. The number of benzene rings is 1. The van der Waals surface area contributed by atoms with E-state index in [0.29, 0.717) is 34.5 Å². The highest BCUT2D eigenvalue weighted by Gasteiger charge is 2.22. The zero-order valence-electron chi connectivity index (χ0n) is 18.9. The topological polar surface area (TPSA) is 70.1 Å². The van der Waals surface area contributed by atoms with Crippen LogP contribution in [0.3, 0.4) is 0 Å². The molecule has 0 unspecified atom stereocenters. The minimum atomic E-state index is -0.261. The van der Waals surface area contributed by atoms with Gasteiger partial charge in [-0.3, -0.25) is 4.90 Å². The van der Waals surface area contributed by atoms with Crippen LogP contribution in [0.4, 0.5) is 16.0 Å². The molecule has 7 nitrogen and oxygen atoms in total. The summed E-state index contributed by atoms with van der Waals surface area (Å²) in [7, 11) is 0. The number of anilines is 2. The minimum Gasteiger partial charge on any atom is -0.363 e. The van der Waals surface area contributed by atoms with Gasteiger partial charge >= 0.3 is 0 Å². The Morgan fingerprint density at radius 2 is 1.74 bits per heavy atom. The fourth-order valence-electron chi connectivity index (χ4n) is 4.05. The monoisotopic (exact) mass is 423 g/mol. The van der Waals surface area contributed by atoms with Crippen LogP contribution in [0.5, 0.6) is 0 Å². The molecule has 31 heavy (non-hydrogen) atoms. The van der Waals surface area contributed by atoms with Crippen LogP contribution >= 0.6 is 0 Å². The van der Waals surface area contributed by atoms with Crippen molar-refractivity contribution in [3.8, 4) is 0 Å². The highest BCUT2D eigenvalue weighted by Crippen LogP contribution is 2.28. The van der Waals surface area contributed by atoms with Gasteiger partial charge in [-0.25, -0.2) is 14.4 Å². The maximum Gasteiger partial charge on any atom is 0.187 e. The van der Waals surface area contributed by atoms with Crippen molar-refractivity contribution >= 4 is 22.7 Å². The molecule has 1 aliphatic rings. The summed E-state index contributed by atoms with van der Waals surface area (Å²) in [6.07, 6.45) is 0. The van der Waals surface area contributed by atoms with E-state index in [1.165, 1.54) is 0 Å². The van der Waals surface area contributed by atoms with Crippen LogP contribution in [0.15, 0.2) is 24.3 Å². The third kappa shape index (κ3) is 4.44. The summed E-state index contributed by atoms with van der Waals surface area (Å²) in [5.41, 5.74) is 1.77. The molecule has 0 bridgehead atoms. The van der Waals surface area contributed by atoms with Crippen molar-refractivity contribution in [3.05, 3.63) is 47.0 Å². The van der Waals surface area contributed by atoms with Gasteiger partial charge < -0.3 is 10.2 Å². The Kier molecular flexibility index (Phi) is 6.00. The lowest BCUT2D eigenvalue weighted by molar-refractivity contribution is 0.209. The van der Waals surface area contributed by atoms with Crippen LogP contribution in [-0.2, 0) is 0 Å². The molecule has 1 saturated heterocycles. The van der Waals surface area contributed by atoms with E-state index < -0.39 is 0 Å². The van der Waals surface area contributed by atoms with Gasteiger partial charge in [0, 0.05) is 37.8 Å². The molecule has 3 aromatic rings. The van der Waals surface area contributed by atoms with Crippen molar-refractivity contribution in [2.24, 2.45) is 0 Å². The molecule has 0 spiro atoms. The van der Waals surface area contributed by atoms with E-state index >= 15 is 0 Å². The molecule has 3 heterocycles. The SMILES string of the molecule is Cc1nc(N[C@H](C)c2cccc(C)c2F)c2cc(N3CCN(C(C)C)CC3)nnc2n1. The first-order valence-corrected chi connectivity index (χ1v) is 10.9. The molecule has 1 N–H and O–H groups in total. The van der Waals surface area contributed by atoms with E-state index in [1.54, 1.807) is 19.1 Å². The lowest BCUT2D eigenvalue weighted by Crippen LogP contribution is -2.49.